The third-order valence-corrected chi connectivity index (χ3v) is 6.17. The molecule has 1 saturated heterocycles. The molecule has 6 heteroatoms. The van der Waals surface area contributed by atoms with E-state index in [9.17, 15) is 13.5 Å². The summed E-state index contributed by atoms with van der Waals surface area (Å²) in [7, 11) is -3.51. The van der Waals surface area contributed by atoms with Gasteiger partial charge in [-0.15, -0.1) is 0 Å². The lowest BCUT2D eigenvalue weighted by atomic mass is 9.98. The van der Waals surface area contributed by atoms with Crippen molar-refractivity contribution in [2.24, 2.45) is 5.92 Å². The van der Waals surface area contributed by atoms with E-state index in [0.717, 1.165) is 24.2 Å². The maximum absolute atomic E-state index is 12.6. The molecule has 0 saturated carbocycles. The highest BCUT2D eigenvalue weighted by Gasteiger charge is 2.33. The van der Waals surface area contributed by atoms with Crippen LogP contribution in [0.1, 0.15) is 18.9 Å². The molecule has 1 aromatic rings. The number of sulfonamides is 1. The fraction of sp³-hybridized carbons (Fsp3) is 0.571. The summed E-state index contributed by atoms with van der Waals surface area (Å²) in [6.45, 7) is 3.48. The molecule has 5 nitrogen and oxygen atoms in total. The summed E-state index contributed by atoms with van der Waals surface area (Å²) in [6, 6.07) is 5.26. The average molecular weight is 296 g/mol. The van der Waals surface area contributed by atoms with Crippen LogP contribution in [-0.2, 0) is 16.4 Å². The van der Waals surface area contributed by atoms with E-state index < -0.39 is 16.1 Å². The quantitative estimate of drug-likeness (QED) is 0.856. The standard InChI is InChI=1S/C14H20N2O3S/c1-10-5-7-16(9-14(10)17)20(18,19)12-3-2-11-4-6-15-13(11)8-12/h2-3,8,10,14-15,17H,4-7,9H2,1H3. The van der Waals surface area contributed by atoms with Gasteiger partial charge in [0.1, 0.15) is 0 Å². The first kappa shape index (κ1) is 13.9. The molecular formula is C14H20N2O3S. The molecule has 3 rings (SSSR count). The van der Waals surface area contributed by atoms with Gasteiger partial charge in [0.05, 0.1) is 11.0 Å². The van der Waals surface area contributed by atoms with Crippen LogP contribution in [-0.4, -0.2) is 43.6 Å². The predicted molar refractivity (Wildman–Crippen MR) is 77.2 cm³/mol. The van der Waals surface area contributed by atoms with Gasteiger partial charge in [-0.25, -0.2) is 8.42 Å². The highest BCUT2D eigenvalue weighted by atomic mass is 32.2. The van der Waals surface area contributed by atoms with E-state index in [1.54, 1.807) is 12.1 Å². The van der Waals surface area contributed by atoms with Crippen molar-refractivity contribution in [3.8, 4) is 0 Å². The Balaban J connectivity index is 1.88. The second-order valence-corrected chi connectivity index (χ2v) is 7.63. The number of rotatable bonds is 2. The van der Waals surface area contributed by atoms with Crippen LogP contribution in [0.25, 0.3) is 0 Å². The zero-order valence-corrected chi connectivity index (χ0v) is 12.4. The van der Waals surface area contributed by atoms with Crippen LogP contribution in [0.4, 0.5) is 5.69 Å². The second-order valence-electron chi connectivity index (χ2n) is 5.69. The fourth-order valence-electron chi connectivity index (χ4n) is 2.82. The first-order chi connectivity index (χ1) is 9.48. The maximum atomic E-state index is 12.6. The van der Waals surface area contributed by atoms with Gasteiger partial charge < -0.3 is 10.4 Å². The summed E-state index contributed by atoms with van der Waals surface area (Å²) in [5.74, 6) is 0.156. The summed E-state index contributed by atoms with van der Waals surface area (Å²) in [6.07, 6.45) is 1.06. The van der Waals surface area contributed by atoms with Gasteiger partial charge in [0, 0.05) is 25.3 Å². The van der Waals surface area contributed by atoms with Gasteiger partial charge in [-0.1, -0.05) is 13.0 Å². The molecule has 0 spiro atoms. The normalized spacial score (nSPS) is 27.1. The number of nitrogens with one attached hydrogen (secondary N) is 1. The number of benzene rings is 1. The Kier molecular flexibility index (Phi) is 3.48. The van der Waals surface area contributed by atoms with Crippen LogP contribution >= 0.6 is 0 Å². The molecule has 2 heterocycles. The Hall–Kier alpha value is -1.11. The Morgan fingerprint density at radius 1 is 1.40 bits per heavy atom. The molecule has 0 aromatic heterocycles. The number of hydrogen-bond donors (Lipinski definition) is 2. The molecule has 2 aliphatic heterocycles. The molecule has 1 aromatic carbocycles. The molecule has 0 bridgehead atoms. The van der Waals surface area contributed by atoms with Crippen molar-refractivity contribution in [3.05, 3.63) is 23.8 Å². The average Bonchev–Trinajstić information content (AvgIpc) is 2.89. The second kappa shape index (κ2) is 5.02. The monoisotopic (exact) mass is 296 g/mol. The molecule has 20 heavy (non-hydrogen) atoms. The molecule has 0 radical (unpaired) electrons. The van der Waals surface area contributed by atoms with Crippen molar-refractivity contribution in [3.63, 3.8) is 0 Å². The van der Waals surface area contributed by atoms with E-state index in [1.165, 1.54) is 4.31 Å². The number of hydrogen-bond acceptors (Lipinski definition) is 4. The predicted octanol–water partition coefficient (Wildman–Crippen LogP) is 1.05. The van der Waals surface area contributed by atoms with Gasteiger partial charge in [-0.05, 0) is 36.5 Å². The largest absolute Gasteiger partial charge is 0.391 e. The number of aliphatic hydroxyl groups is 1. The van der Waals surface area contributed by atoms with E-state index in [1.807, 2.05) is 13.0 Å². The maximum Gasteiger partial charge on any atom is 0.243 e. The topological polar surface area (TPSA) is 69.6 Å². The number of aliphatic hydroxyl groups excluding tert-OH is 1. The number of β-amino-alcohol motifs (C(OH)–C–C–N with tert-alkyl or cyclic N) is 1. The summed E-state index contributed by atoms with van der Waals surface area (Å²) in [5.41, 5.74) is 2.08. The van der Waals surface area contributed by atoms with Crippen molar-refractivity contribution in [2.75, 3.05) is 25.0 Å². The van der Waals surface area contributed by atoms with Crippen LogP contribution < -0.4 is 5.32 Å². The first-order valence-electron chi connectivity index (χ1n) is 7.03. The summed E-state index contributed by atoms with van der Waals surface area (Å²) < 4.78 is 26.6. The SMILES string of the molecule is CC1CCN(S(=O)(=O)c2ccc3c(c2)NCC3)CC1O. The summed E-state index contributed by atoms with van der Waals surface area (Å²) in [5, 5.41) is 13.1. The number of piperidine rings is 1. The van der Waals surface area contributed by atoms with E-state index >= 15 is 0 Å². The number of nitrogens with zero attached hydrogens (tertiary/aromatic N) is 1. The smallest absolute Gasteiger partial charge is 0.243 e. The Bertz CT molecular complexity index is 615. The molecule has 0 amide bonds. The third kappa shape index (κ3) is 2.32. The van der Waals surface area contributed by atoms with Crippen LogP contribution in [0.3, 0.4) is 0 Å². The fourth-order valence-corrected chi connectivity index (χ4v) is 4.32. The lowest BCUT2D eigenvalue weighted by Crippen LogP contribution is -2.45. The molecule has 2 N–H and O–H groups in total. The van der Waals surface area contributed by atoms with Crippen LogP contribution in [0.5, 0.6) is 0 Å². The lowest BCUT2D eigenvalue weighted by Gasteiger charge is -2.33. The summed E-state index contributed by atoms with van der Waals surface area (Å²) in [4.78, 5) is 0.312. The van der Waals surface area contributed by atoms with Crippen molar-refractivity contribution >= 4 is 15.7 Å². The molecule has 2 atom stereocenters. The molecule has 2 unspecified atom stereocenters. The zero-order chi connectivity index (χ0) is 14.3. The lowest BCUT2D eigenvalue weighted by molar-refractivity contribution is 0.0605. The molecule has 1 fully saturated rings. The minimum atomic E-state index is -3.51. The molecular weight excluding hydrogens is 276 g/mol. The highest BCUT2D eigenvalue weighted by Crippen LogP contribution is 2.29. The van der Waals surface area contributed by atoms with Gasteiger partial charge in [0.25, 0.3) is 0 Å². The van der Waals surface area contributed by atoms with Gasteiger partial charge in [0.15, 0.2) is 0 Å². The third-order valence-electron chi connectivity index (χ3n) is 4.31. The van der Waals surface area contributed by atoms with E-state index in [4.69, 9.17) is 0 Å². The van der Waals surface area contributed by atoms with Crippen LogP contribution in [0, 0.1) is 5.92 Å². The van der Waals surface area contributed by atoms with Gasteiger partial charge in [-0.3, -0.25) is 0 Å². The minimum absolute atomic E-state index is 0.156. The van der Waals surface area contributed by atoms with Crippen molar-refractivity contribution < 1.29 is 13.5 Å². The van der Waals surface area contributed by atoms with Crippen molar-refractivity contribution in [2.45, 2.75) is 30.8 Å². The van der Waals surface area contributed by atoms with E-state index in [0.29, 0.717) is 17.9 Å². The zero-order valence-electron chi connectivity index (χ0n) is 11.5. The van der Waals surface area contributed by atoms with Crippen LogP contribution in [0.2, 0.25) is 0 Å². The van der Waals surface area contributed by atoms with E-state index in [-0.39, 0.29) is 12.5 Å². The minimum Gasteiger partial charge on any atom is -0.391 e. The Morgan fingerprint density at radius 2 is 2.20 bits per heavy atom. The van der Waals surface area contributed by atoms with Crippen molar-refractivity contribution in [1.82, 2.24) is 4.31 Å². The van der Waals surface area contributed by atoms with Gasteiger partial charge >= 0.3 is 0 Å². The highest BCUT2D eigenvalue weighted by molar-refractivity contribution is 7.89. The van der Waals surface area contributed by atoms with Gasteiger partial charge in [0.2, 0.25) is 10.0 Å². The number of fused-ring (bicyclic) bond motifs is 1. The van der Waals surface area contributed by atoms with Crippen molar-refractivity contribution in [1.29, 1.82) is 0 Å². The summed E-state index contributed by atoms with van der Waals surface area (Å²) >= 11 is 0. The Morgan fingerprint density at radius 3 is 2.95 bits per heavy atom. The van der Waals surface area contributed by atoms with Crippen LogP contribution in [0.15, 0.2) is 23.1 Å². The molecule has 110 valence electrons. The van der Waals surface area contributed by atoms with E-state index in [2.05, 4.69) is 5.32 Å². The molecule has 2 aliphatic rings. The number of anilines is 1. The van der Waals surface area contributed by atoms with Gasteiger partial charge in [-0.2, -0.15) is 4.31 Å². The molecule has 0 aliphatic carbocycles. The first-order valence-corrected chi connectivity index (χ1v) is 8.47. The Labute approximate surface area is 119 Å².